The second kappa shape index (κ2) is 8.90. The fourth-order valence-corrected chi connectivity index (χ4v) is 3.23. The number of hydrogen-bond donors (Lipinski definition) is 0. The van der Waals surface area contributed by atoms with E-state index in [9.17, 15) is 4.79 Å². The Morgan fingerprint density at radius 1 is 1.28 bits per heavy atom. The number of hydrogen-bond acceptors (Lipinski definition) is 4. The molecule has 1 saturated heterocycles. The molecule has 0 bridgehead atoms. The van der Waals surface area contributed by atoms with E-state index in [1.807, 2.05) is 49.9 Å². The average Bonchev–Trinajstić information content (AvgIpc) is 2.52. The Morgan fingerprint density at radius 2 is 2.00 bits per heavy atom. The first-order valence-electron chi connectivity index (χ1n) is 8.85. The van der Waals surface area contributed by atoms with Crippen molar-refractivity contribution in [3.05, 3.63) is 28.7 Å². The van der Waals surface area contributed by atoms with Crippen LogP contribution in [0.5, 0.6) is 5.75 Å². The molecule has 0 spiro atoms. The molecular weight excluding hydrogens is 384 g/mol. The number of carbonyl (C=O) groups excluding carboxylic acids is 1. The molecule has 1 amide bonds. The first-order chi connectivity index (χ1) is 11.8. The Hall–Kier alpha value is -1.27. The number of carbonyl (C=O) groups is 1. The number of piperazine rings is 1. The van der Waals surface area contributed by atoms with Gasteiger partial charge in [0.05, 0.1) is 11.1 Å². The summed E-state index contributed by atoms with van der Waals surface area (Å²) in [5.74, 6) is 0.880. The van der Waals surface area contributed by atoms with Gasteiger partial charge in [-0.3, -0.25) is 4.90 Å². The van der Waals surface area contributed by atoms with Gasteiger partial charge in [0.2, 0.25) is 0 Å². The van der Waals surface area contributed by atoms with Crippen molar-refractivity contribution < 1.29 is 14.3 Å². The lowest BCUT2D eigenvalue weighted by molar-refractivity contribution is 0.00524. The van der Waals surface area contributed by atoms with Crippen molar-refractivity contribution in [1.82, 2.24) is 9.80 Å². The summed E-state index contributed by atoms with van der Waals surface area (Å²) in [6, 6.07) is 8.21. The lowest BCUT2D eigenvalue weighted by Crippen LogP contribution is -2.54. The fraction of sp³-hybridized carbons (Fsp3) is 0.632. The van der Waals surface area contributed by atoms with Gasteiger partial charge in [0.1, 0.15) is 11.4 Å². The summed E-state index contributed by atoms with van der Waals surface area (Å²) >= 11 is 3.49. The second-order valence-corrected chi connectivity index (χ2v) is 8.30. The Labute approximate surface area is 159 Å². The van der Waals surface area contributed by atoms with Crippen LogP contribution in [0.15, 0.2) is 28.7 Å². The number of nitrogens with zero attached hydrogens (tertiary/aromatic N) is 2. The van der Waals surface area contributed by atoms with E-state index in [-0.39, 0.29) is 6.09 Å². The monoisotopic (exact) mass is 412 g/mol. The molecule has 0 unspecified atom stereocenters. The first-order valence-corrected chi connectivity index (χ1v) is 9.65. The van der Waals surface area contributed by atoms with E-state index in [0.29, 0.717) is 25.7 Å². The molecule has 1 aromatic carbocycles. The fourth-order valence-electron chi connectivity index (χ4n) is 2.83. The maximum atomic E-state index is 12.2. The lowest BCUT2D eigenvalue weighted by atomic mass is 10.2. The largest absolute Gasteiger partial charge is 0.492 e. The molecule has 0 N–H and O–H groups in total. The molecule has 1 aromatic rings. The Bertz CT molecular complexity index is 574. The summed E-state index contributed by atoms with van der Waals surface area (Å²) in [6.45, 7) is 11.8. The molecule has 1 aliphatic heterocycles. The van der Waals surface area contributed by atoms with Crippen LogP contribution < -0.4 is 4.74 Å². The van der Waals surface area contributed by atoms with Crippen LogP contribution in [0, 0.1) is 0 Å². The van der Waals surface area contributed by atoms with Crippen LogP contribution in [0.4, 0.5) is 4.79 Å². The molecule has 0 radical (unpaired) electrons. The molecule has 0 saturated carbocycles. The third-order valence-corrected chi connectivity index (χ3v) is 4.76. The minimum absolute atomic E-state index is 0.212. The number of benzene rings is 1. The van der Waals surface area contributed by atoms with Gasteiger partial charge in [-0.05, 0) is 62.2 Å². The van der Waals surface area contributed by atoms with Crippen LogP contribution in [0.25, 0.3) is 0 Å². The van der Waals surface area contributed by atoms with E-state index in [1.165, 1.54) is 0 Å². The predicted octanol–water partition coefficient (Wildman–Crippen LogP) is 4.16. The highest BCUT2D eigenvalue weighted by molar-refractivity contribution is 9.10. The smallest absolute Gasteiger partial charge is 0.410 e. The maximum Gasteiger partial charge on any atom is 0.410 e. The van der Waals surface area contributed by atoms with Crippen LogP contribution in [-0.4, -0.2) is 60.3 Å². The van der Waals surface area contributed by atoms with Crippen molar-refractivity contribution in [3.8, 4) is 5.75 Å². The van der Waals surface area contributed by atoms with Crippen molar-refractivity contribution in [2.24, 2.45) is 0 Å². The molecule has 0 aliphatic carbocycles. The van der Waals surface area contributed by atoms with Gasteiger partial charge in [0.15, 0.2) is 0 Å². The van der Waals surface area contributed by atoms with E-state index in [4.69, 9.17) is 9.47 Å². The van der Waals surface area contributed by atoms with Gasteiger partial charge < -0.3 is 14.4 Å². The second-order valence-electron chi connectivity index (χ2n) is 7.44. The highest BCUT2D eigenvalue weighted by atomic mass is 79.9. The van der Waals surface area contributed by atoms with Gasteiger partial charge in [-0.15, -0.1) is 0 Å². The minimum Gasteiger partial charge on any atom is -0.492 e. The Balaban J connectivity index is 1.71. The summed E-state index contributed by atoms with van der Waals surface area (Å²) < 4.78 is 12.3. The third-order valence-electron chi connectivity index (χ3n) is 4.10. The summed E-state index contributed by atoms with van der Waals surface area (Å²) in [5.41, 5.74) is -0.444. The normalized spacial score (nSPS) is 18.9. The van der Waals surface area contributed by atoms with Crippen LogP contribution in [0.3, 0.4) is 0 Å². The zero-order valence-electron chi connectivity index (χ0n) is 15.6. The first kappa shape index (κ1) is 20.0. The SMILES string of the molecule is C[C@@H]1CN(C(=O)OC(C)(C)C)CCN1CCCOc1ccccc1Br. The van der Waals surface area contributed by atoms with Crippen LogP contribution in [-0.2, 0) is 4.74 Å². The van der Waals surface area contributed by atoms with Crippen LogP contribution >= 0.6 is 15.9 Å². The van der Waals surface area contributed by atoms with Crippen molar-refractivity contribution in [2.75, 3.05) is 32.8 Å². The van der Waals surface area contributed by atoms with Crippen molar-refractivity contribution in [2.45, 2.75) is 45.8 Å². The summed E-state index contributed by atoms with van der Waals surface area (Å²) in [5, 5.41) is 0. The van der Waals surface area contributed by atoms with Crippen molar-refractivity contribution in [1.29, 1.82) is 0 Å². The molecule has 2 rings (SSSR count). The molecule has 1 atom stereocenters. The van der Waals surface area contributed by atoms with Gasteiger partial charge in [0.25, 0.3) is 0 Å². The lowest BCUT2D eigenvalue weighted by Gasteiger charge is -2.40. The number of para-hydroxylation sites is 1. The molecule has 5 nitrogen and oxygen atoms in total. The number of rotatable bonds is 5. The van der Waals surface area contributed by atoms with Gasteiger partial charge in [0, 0.05) is 32.2 Å². The Morgan fingerprint density at radius 3 is 2.64 bits per heavy atom. The summed E-state index contributed by atoms with van der Waals surface area (Å²) in [4.78, 5) is 16.4. The number of halogens is 1. The van der Waals surface area contributed by atoms with Crippen LogP contribution in [0.2, 0.25) is 0 Å². The highest BCUT2D eigenvalue weighted by Crippen LogP contribution is 2.24. The predicted molar refractivity (Wildman–Crippen MR) is 103 cm³/mol. The highest BCUT2D eigenvalue weighted by Gasteiger charge is 2.29. The standard InChI is InChI=1S/C19H29BrN2O3/c1-15-14-22(18(23)25-19(2,3)4)12-11-21(15)10-7-13-24-17-9-6-5-8-16(17)20/h5-6,8-9,15H,7,10-14H2,1-4H3/t15-/m1/s1. The van der Waals surface area contributed by atoms with Gasteiger partial charge in [-0.25, -0.2) is 4.79 Å². The third kappa shape index (κ3) is 6.51. The van der Waals surface area contributed by atoms with E-state index < -0.39 is 5.60 Å². The minimum atomic E-state index is -0.444. The Kier molecular flexibility index (Phi) is 7.14. The molecule has 25 heavy (non-hydrogen) atoms. The zero-order chi connectivity index (χ0) is 18.4. The maximum absolute atomic E-state index is 12.2. The molecule has 6 heteroatoms. The van der Waals surface area contributed by atoms with Crippen LogP contribution in [0.1, 0.15) is 34.1 Å². The number of amides is 1. The quantitative estimate of drug-likeness (QED) is 0.680. The summed E-state index contributed by atoms with van der Waals surface area (Å²) in [7, 11) is 0. The van der Waals surface area contributed by atoms with Crippen molar-refractivity contribution in [3.63, 3.8) is 0 Å². The van der Waals surface area contributed by atoms with Crippen molar-refractivity contribution >= 4 is 22.0 Å². The number of ether oxygens (including phenoxy) is 2. The zero-order valence-corrected chi connectivity index (χ0v) is 17.2. The molecule has 140 valence electrons. The van der Waals surface area contributed by atoms with E-state index in [0.717, 1.165) is 29.7 Å². The van der Waals surface area contributed by atoms with Gasteiger partial charge in [-0.1, -0.05) is 12.1 Å². The average molecular weight is 413 g/mol. The van der Waals surface area contributed by atoms with E-state index in [1.54, 1.807) is 0 Å². The summed E-state index contributed by atoms with van der Waals surface area (Å²) in [6.07, 6.45) is 0.745. The molecule has 0 aromatic heterocycles. The van der Waals surface area contributed by atoms with E-state index in [2.05, 4.69) is 27.8 Å². The van der Waals surface area contributed by atoms with E-state index >= 15 is 0 Å². The molecule has 1 aliphatic rings. The molecule has 1 heterocycles. The van der Waals surface area contributed by atoms with Gasteiger partial charge in [-0.2, -0.15) is 0 Å². The topological polar surface area (TPSA) is 42.0 Å². The van der Waals surface area contributed by atoms with Gasteiger partial charge >= 0.3 is 6.09 Å². The molecular formula is C19H29BrN2O3. The molecule has 1 fully saturated rings.